The number of Topliss-reactive ketones (excluding diaryl/α,β-unsaturated/α-hetero) is 1. The van der Waals surface area contributed by atoms with Crippen LogP contribution in [0, 0.1) is 23.3 Å². The quantitative estimate of drug-likeness (QED) is 0.142. The lowest BCUT2D eigenvalue weighted by Crippen LogP contribution is -2.51. The third-order valence-corrected chi connectivity index (χ3v) is 8.68. The number of carboxylic acid groups (broad SMARTS) is 1. The SMILES string of the molecule is C=C(NC(CC(=O)O)C(=O)COc1c(F)c(F)cc(F)c1F)C1CC2=C3/C(=C\CC=CC2)CCC(NC(=O)OCc2ccc(OC)cc2)C(=O)N31. The van der Waals surface area contributed by atoms with E-state index in [4.69, 9.17) is 14.2 Å². The number of allylic oxidation sites excluding steroid dienone is 4. The molecule has 3 unspecified atom stereocenters. The van der Waals surface area contributed by atoms with Gasteiger partial charge in [-0.05, 0) is 60.9 Å². The topological polar surface area (TPSA) is 144 Å². The van der Waals surface area contributed by atoms with Gasteiger partial charge in [0.05, 0.1) is 25.6 Å². The van der Waals surface area contributed by atoms with Crippen molar-refractivity contribution < 1.29 is 56.1 Å². The fraction of sp³-hybridized carbons (Fsp3) is 0.333. The summed E-state index contributed by atoms with van der Waals surface area (Å²) in [6, 6.07) is 3.43. The number of rotatable bonds is 13. The Balaban J connectivity index is 1.33. The summed E-state index contributed by atoms with van der Waals surface area (Å²) in [6.07, 6.45) is 6.30. The van der Waals surface area contributed by atoms with Crippen molar-refractivity contribution in [3.8, 4) is 11.5 Å². The number of benzene rings is 2. The molecule has 15 heteroatoms. The Morgan fingerprint density at radius 3 is 2.45 bits per heavy atom. The Kier molecular flexibility index (Phi) is 11.5. The second-order valence-electron chi connectivity index (χ2n) is 12.1. The van der Waals surface area contributed by atoms with E-state index in [1.807, 2.05) is 18.2 Å². The lowest BCUT2D eigenvalue weighted by Gasteiger charge is -2.32. The molecule has 270 valence electrons. The van der Waals surface area contributed by atoms with Crippen LogP contribution >= 0.6 is 0 Å². The summed E-state index contributed by atoms with van der Waals surface area (Å²) < 4.78 is 70.9. The summed E-state index contributed by atoms with van der Waals surface area (Å²) in [6.45, 7) is 2.80. The maximum atomic E-state index is 14.2. The van der Waals surface area contributed by atoms with Gasteiger partial charge in [0.2, 0.25) is 17.5 Å². The van der Waals surface area contributed by atoms with Crippen LogP contribution in [0.5, 0.6) is 11.5 Å². The minimum Gasteiger partial charge on any atom is -0.497 e. The number of hydrogen-bond acceptors (Lipinski definition) is 8. The van der Waals surface area contributed by atoms with E-state index in [2.05, 4.69) is 17.2 Å². The number of amides is 2. The van der Waals surface area contributed by atoms with Gasteiger partial charge in [-0.25, -0.2) is 13.6 Å². The van der Waals surface area contributed by atoms with E-state index in [1.54, 1.807) is 24.3 Å². The predicted molar refractivity (Wildman–Crippen MR) is 173 cm³/mol. The average Bonchev–Trinajstić information content (AvgIpc) is 3.41. The van der Waals surface area contributed by atoms with Crippen LogP contribution in [-0.2, 0) is 25.7 Å². The molecular formula is C36H35F4N3O8. The molecule has 2 aromatic rings. The maximum absolute atomic E-state index is 14.2. The highest BCUT2D eigenvalue weighted by molar-refractivity contribution is 5.90. The number of halogens is 4. The molecule has 2 aromatic carbocycles. The van der Waals surface area contributed by atoms with Crippen molar-refractivity contribution in [3.63, 3.8) is 0 Å². The van der Waals surface area contributed by atoms with Crippen molar-refractivity contribution in [1.29, 1.82) is 0 Å². The summed E-state index contributed by atoms with van der Waals surface area (Å²) in [5.41, 5.74) is 3.16. The van der Waals surface area contributed by atoms with E-state index in [1.165, 1.54) is 12.0 Å². The highest BCUT2D eigenvalue weighted by Gasteiger charge is 2.44. The van der Waals surface area contributed by atoms with E-state index in [-0.39, 0.29) is 31.2 Å². The number of nitrogens with one attached hydrogen (secondary N) is 2. The first-order chi connectivity index (χ1) is 24.4. The number of nitrogens with zero attached hydrogens (tertiary/aromatic N) is 1. The molecule has 2 aliphatic heterocycles. The van der Waals surface area contributed by atoms with Crippen molar-refractivity contribution in [3.05, 3.63) is 107 Å². The van der Waals surface area contributed by atoms with E-state index >= 15 is 0 Å². The normalized spacial score (nSPS) is 19.8. The first-order valence-corrected chi connectivity index (χ1v) is 16.0. The van der Waals surface area contributed by atoms with Gasteiger partial charge in [0.25, 0.3) is 0 Å². The van der Waals surface area contributed by atoms with Crippen molar-refractivity contribution >= 4 is 23.8 Å². The van der Waals surface area contributed by atoms with Crippen LogP contribution in [0.25, 0.3) is 0 Å². The molecule has 0 saturated carbocycles. The van der Waals surface area contributed by atoms with Crippen molar-refractivity contribution in [2.75, 3.05) is 13.7 Å². The smallest absolute Gasteiger partial charge is 0.408 e. The molecule has 2 amide bonds. The number of methoxy groups -OCH3 is 1. The number of alkyl carbamates (subject to hydrolysis) is 1. The molecule has 5 rings (SSSR count). The van der Waals surface area contributed by atoms with Gasteiger partial charge in [0.1, 0.15) is 25.0 Å². The van der Waals surface area contributed by atoms with Crippen LogP contribution < -0.4 is 20.1 Å². The van der Waals surface area contributed by atoms with E-state index in [9.17, 15) is 41.8 Å². The third kappa shape index (κ3) is 8.41. The number of hydrogen-bond donors (Lipinski definition) is 3. The molecule has 11 nitrogen and oxygen atoms in total. The van der Waals surface area contributed by atoms with E-state index in [0.717, 1.165) is 11.1 Å². The molecule has 2 heterocycles. The Hall–Kier alpha value is -5.60. The van der Waals surface area contributed by atoms with Crippen LogP contribution in [0.2, 0.25) is 0 Å². The second-order valence-corrected chi connectivity index (χ2v) is 12.1. The number of carbonyl (C=O) groups is 4. The molecule has 3 N–H and O–H groups in total. The van der Waals surface area contributed by atoms with Gasteiger partial charge >= 0.3 is 12.1 Å². The first kappa shape index (κ1) is 36.7. The summed E-state index contributed by atoms with van der Waals surface area (Å²) in [4.78, 5) is 53.4. The predicted octanol–water partition coefficient (Wildman–Crippen LogP) is 5.37. The minimum atomic E-state index is -1.87. The molecule has 3 atom stereocenters. The van der Waals surface area contributed by atoms with Crippen molar-refractivity contribution in [2.45, 2.75) is 63.3 Å². The fourth-order valence-corrected chi connectivity index (χ4v) is 6.14. The van der Waals surface area contributed by atoms with Crippen molar-refractivity contribution in [2.24, 2.45) is 0 Å². The number of carbonyl (C=O) groups excluding carboxylic acids is 3. The lowest BCUT2D eigenvalue weighted by atomic mass is 9.96. The first-order valence-electron chi connectivity index (χ1n) is 16.0. The highest BCUT2D eigenvalue weighted by Crippen LogP contribution is 2.42. The number of ketones is 1. The Morgan fingerprint density at radius 1 is 1.08 bits per heavy atom. The Labute approximate surface area is 290 Å². The molecule has 51 heavy (non-hydrogen) atoms. The zero-order valence-corrected chi connectivity index (χ0v) is 27.5. The monoisotopic (exact) mass is 713 g/mol. The number of aliphatic carboxylic acids is 1. The standard InChI is InChI=1S/C36H35F4N3O8/c1-19(41-27(16-30(45)46)29(44)18-50-34-31(39)24(37)15-25(38)32(34)40)28-14-22-7-5-3-4-6-21-10-13-26(35(47)43(28)33(21)22)42-36(48)51-17-20-8-11-23(49-2)12-9-20/h3,5-6,8-9,11-12,15,26-28,41H,1,4,7,10,13-14,16-18H2,2H3,(H,42,48)(H,45,46)/b5-3?,21-6-. The minimum absolute atomic E-state index is 0.0244. The zero-order chi connectivity index (χ0) is 36.8. The molecule has 0 radical (unpaired) electrons. The second kappa shape index (κ2) is 16.0. The Bertz CT molecular complexity index is 1800. The fourth-order valence-electron chi connectivity index (χ4n) is 6.14. The van der Waals surface area contributed by atoms with Crippen LogP contribution in [0.4, 0.5) is 22.4 Å². The molecule has 0 bridgehead atoms. The molecular weight excluding hydrogens is 678 g/mol. The molecule has 3 aliphatic rings. The van der Waals surface area contributed by atoms with Gasteiger partial charge in [-0.1, -0.05) is 36.9 Å². The molecule has 1 aliphatic carbocycles. The van der Waals surface area contributed by atoms with Crippen LogP contribution in [-0.4, -0.2) is 65.6 Å². The van der Waals surface area contributed by atoms with Gasteiger partial charge < -0.3 is 34.9 Å². The molecule has 1 fully saturated rings. The summed E-state index contributed by atoms with van der Waals surface area (Å²) >= 11 is 0. The Morgan fingerprint density at radius 2 is 1.78 bits per heavy atom. The maximum Gasteiger partial charge on any atom is 0.408 e. The molecule has 0 aromatic heterocycles. The summed E-state index contributed by atoms with van der Waals surface area (Å²) in [7, 11) is 1.53. The van der Waals surface area contributed by atoms with Gasteiger partial charge in [-0.3, -0.25) is 14.4 Å². The largest absolute Gasteiger partial charge is 0.497 e. The average molecular weight is 714 g/mol. The number of ether oxygens (including phenoxy) is 3. The van der Waals surface area contributed by atoms with Crippen LogP contribution in [0.15, 0.2) is 77.7 Å². The third-order valence-electron chi connectivity index (χ3n) is 8.68. The zero-order valence-electron chi connectivity index (χ0n) is 27.5. The van der Waals surface area contributed by atoms with Crippen LogP contribution in [0.3, 0.4) is 0 Å². The van der Waals surface area contributed by atoms with Gasteiger partial charge in [-0.2, -0.15) is 8.78 Å². The number of carboxylic acids is 1. The van der Waals surface area contributed by atoms with E-state index < -0.39 is 83.9 Å². The van der Waals surface area contributed by atoms with Gasteiger partial charge in [-0.15, -0.1) is 0 Å². The van der Waals surface area contributed by atoms with E-state index in [0.29, 0.717) is 36.3 Å². The lowest BCUT2D eigenvalue weighted by molar-refractivity contribution is -0.140. The summed E-state index contributed by atoms with van der Waals surface area (Å²) in [5, 5.41) is 15.0. The van der Waals surface area contributed by atoms with Gasteiger partial charge in [0, 0.05) is 17.5 Å². The van der Waals surface area contributed by atoms with Crippen LogP contribution in [0.1, 0.15) is 44.1 Å². The molecule has 1 saturated heterocycles. The summed E-state index contributed by atoms with van der Waals surface area (Å²) in [5.74, 6) is -11.0. The highest BCUT2D eigenvalue weighted by atomic mass is 19.2. The molecule has 0 spiro atoms. The van der Waals surface area contributed by atoms with Gasteiger partial charge in [0.15, 0.2) is 23.2 Å². The van der Waals surface area contributed by atoms with Crippen molar-refractivity contribution in [1.82, 2.24) is 15.5 Å².